The van der Waals surface area contributed by atoms with Crippen molar-refractivity contribution in [1.29, 1.82) is 0 Å². The number of carbonyl (C=O) groups is 1. The van der Waals surface area contributed by atoms with Crippen LogP contribution in [0.2, 0.25) is 0 Å². The van der Waals surface area contributed by atoms with Gasteiger partial charge in [0.05, 0.1) is 0 Å². The number of rotatable bonds is 5. The summed E-state index contributed by atoms with van der Waals surface area (Å²) < 4.78 is 0. The van der Waals surface area contributed by atoms with Crippen molar-refractivity contribution in [2.45, 2.75) is 46.5 Å². The second-order valence-electron chi connectivity index (χ2n) is 6.34. The topological polar surface area (TPSA) is 32.3 Å². The van der Waals surface area contributed by atoms with Gasteiger partial charge in [-0.1, -0.05) is 39.0 Å². The zero-order valence-corrected chi connectivity index (χ0v) is 13.4. The number of carbonyl (C=O) groups excluding carboxylic acids is 1. The number of nitrogens with zero attached hydrogens (tertiary/aromatic N) is 1. The molecule has 0 unspecified atom stereocenters. The lowest BCUT2D eigenvalue weighted by atomic mass is 10.0. The smallest absolute Gasteiger partial charge is 0.312 e. The molecule has 2 amide bonds. The molecule has 21 heavy (non-hydrogen) atoms. The van der Waals surface area contributed by atoms with Crippen LogP contribution in [0.15, 0.2) is 30.5 Å². The Morgan fingerprint density at radius 1 is 1.38 bits per heavy atom. The van der Waals surface area contributed by atoms with Gasteiger partial charge in [0, 0.05) is 24.4 Å². The van der Waals surface area contributed by atoms with Crippen LogP contribution in [0, 0.1) is 12.8 Å². The summed E-state index contributed by atoms with van der Waals surface area (Å²) in [5.41, 5.74) is 4.29. The second-order valence-corrected chi connectivity index (χ2v) is 6.34. The number of anilines is 1. The molecule has 1 aromatic carbocycles. The largest absolute Gasteiger partial charge is 0.326 e. The quantitative estimate of drug-likeness (QED) is 0.854. The van der Waals surface area contributed by atoms with Gasteiger partial charge in [0.25, 0.3) is 0 Å². The molecule has 1 saturated heterocycles. The van der Waals surface area contributed by atoms with E-state index in [1.807, 2.05) is 4.90 Å². The fourth-order valence-electron chi connectivity index (χ4n) is 2.68. The Balaban J connectivity index is 2.11. The SMILES string of the molecule is C=C1CCN(c2cc(CCCC(C)C)ccc2C)C(=O)N1. The molecule has 2 rings (SSSR count). The Morgan fingerprint density at radius 3 is 2.81 bits per heavy atom. The normalized spacial score (nSPS) is 15.5. The maximum absolute atomic E-state index is 12.1. The number of aryl methyl sites for hydroxylation is 2. The molecule has 0 atom stereocenters. The van der Waals surface area contributed by atoms with Crippen LogP contribution in [0.5, 0.6) is 0 Å². The lowest BCUT2D eigenvalue weighted by Gasteiger charge is -2.30. The monoisotopic (exact) mass is 286 g/mol. The minimum absolute atomic E-state index is 0.0614. The predicted molar refractivity (Wildman–Crippen MR) is 88.6 cm³/mol. The van der Waals surface area contributed by atoms with Gasteiger partial charge in [0.1, 0.15) is 0 Å². The van der Waals surface area contributed by atoms with Crippen LogP contribution in [-0.2, 0) is 6.42 Å². The van der Waals surface area contributed by atoms with Crippen LogP contribution in [0.25, 0.3) is 0 Å². The van der Waals surface area contributed by atoms with Crippen molar-refractivity contribution in [3.8, 4) is 0 Å². The van der Waals surface area contributed by atoms with E-state index >= 15 is 0 Å². The summed E-state index contributed by atoms with van der Waals surface area (Å²) in [6.07, 6.45) is 4.33. The van der Waals surface area contributed by atoms with Crippen LogP contribution in [0.1, 0.15) is 44.2 Å². The number of nitrogens with one attached hydrogen (secondary N) is 1. The average molecular weight is 286 g/mol. The first-order chi connectivity index (χ1) is 9.97. The molecule has 1 aromatic rings. The zero-order chi connectivity index (χ0) is 15.4. The summed E-state index contributed by atoms with van der Waals surface area (Å²) in [6, 6.07) is 6.41. The van der Waals surface area contributed by atoms with Gasteiger partial charge >= 0.3 is 6.03 Å². The van der Waals surface area contributed by atoms with Crippen molar-refractivity contribution >= 4 is 11.7 Å². The maximum atomic E-state index is 12.1. The molecule has 3 heteroatoms. The highest BCUT2D eigenvalue weighted by atomic mass is 16.2. The summed E-state index contributed by atoms with van der Waals surface area (Å²) in [7, 11) is 0. The Hall–Kier alpha value is -1.77. The molecule has 1 aliphatic rings. The molecule has 0 aliphatic carbocycles. The van der Waals surface area contributed by atoms with Gasteiger partial charge in [0.2, 0.25) is 0 Å². The molecule has 1 fully saturated rings. The zero-order valence-electron chi connectivity index (χ0n) is 13.4. The fourth-order valence-corrected chi connectivity index (χ4v) is 2.68. The number of urea groups is 1. The first-order valence-corrected chi connectivity index (χ1v) is 7.83. The summed E-state index contributed by atoms with van der Waals surface area (Å²) in [6.45, 7) is 11.1. The molecular formula is C18H26N2O. The van der Waals surface area contributed by atoms with E-state index in [2.05, 4.69) is 50.9 Å². The Labute approximate surface area is 128 Å². The highest BCUT2D eigenvalue weighted by Crippen LogP contribution is 2.25. The summed E-state index contributed by atoms with van der Waals surface area (Å²) in [4.78, 5) is 14.0. The van der Waals surface area contributed by atoms with Crippen molar-refractivity contribution in [2.24, 2.45) is 5.92 Å². The van der Waals surface area contributed by atoms with E-state index in [-0.39, 0.29) is 6.03 Å². The summed E-state index contributed by atoms with van der Waals surface area (Å²) in [5, 5.41) is 2.83. The molecule has 1 N–H and O–H groups in total. The molecular weight excluding hydrogens is 260 g/mol. The fraction of sp³-hybridized carbons (Fsp3) is 0.500. The Kier molecular flexibility index (Phi) is 5.05. The lowest BCUT2D eigenvalue weighted by molar-refractivity contribution is 0.246. The summed E-state index contributed by atoms with van der Waals surface area (Å²) in [5.74, 6) is 0.744. The Bertz CT molecular complexity index is 534. The predicted octanol–water partition coefficient (Wildman–Crippen LogP) is 4.41. The van der Waals surface area contributed by atoms with Crippen LogP contribution in [0.3, 0.4) is 0 Å². The van der Waals surface area contributed by atoms with E-state index in [0.29, 0.717) is 6.54 Å². The van der Waals surface area contributed by atoms with E-state index in [0.717, 1.165) is 35.7 Å². The Morgan fingerprint density at radius 2 is 2.14 bits per heavy atom. The third-order valence-electron chi connectivity index (χ3n) is 3.98. The van der Waals surface area contributed by atoms with E-state index < -0.39 is 0 Å². The third-order valence-corrected chi connectivity index (χ3v) is 3.98. The van der Waals surface area contributed by atoms with Gasteiger partial charge in [-0.25, -0.2) is 4.79 Å². The van der Waals surface area contributed by atoms with Crippen LogP contribution in [-0.4, -0.2) is 12.6 Å². The number of hydrogen-bond donors (Lipinski definition) is 1. The summed E-state index contributed by atoms with van der Waals surface area (Å²) >= 11 is 0. The number of amides is 2. The van der Waals surface area contributed by atoms with Gasteiger partial charge in [0.15, 0.2) is 0 Å². The molecule has 0 saturated carbocycles. The van der Waals surface area contributed by atoms with Crippen LogP contribution >= 0.6 is 0 Å². The first-order valence-electron chi connectivity index (χ1n) is 7.83. The van der Waals surface area contributed by atoms with E-state index in [9.17, 15) is 4.79 Å². The van der Waals surface area contributed by atoms with Crippen LogP contribution < -0.4 is 10.2 Å². The molecule has 0 aromatic heterocycles. The molecule has 3 nitrogen and oxygen atoms in total. The molecule has 0 bridgehead atoms. The van der Waals surface area contributed by atoms with Crippen molar-refractivity contribution in [2.75, 3.05) is 11.4 Å². The molecule has 0 radical (unpaired) electrons. The number of benzene rings is 1. The molecule has 1 aliphatic heterocycles. The maximum Gasteiger partial charge on any atom is 0.326 e. The molecule has 0 spiro atoms. The standard InChI is InChI=1S/C18H26N2O/c1-13(2)6-5-7-16-9-8-14(3)17(12-16)20-11-10-15(4)19-18(20)21/h8-9,12-13H,4-7,10-11H2,1-3H3,(H,19,21). The van der Waals surface area contributed by atoms with Gasteiger partial charge in [-0.2, -0.15) is 0 Å². The highest BCUT2D eigenvalue weighted by molar-refractivity contribution is 5.94. The van der Waals surface area contributed by atoms with Crippen molar-refractivity contribution in [1.82, 2.24) is 5.32 Å². The first kappa shape index (κ1) is 15.6. The van der Waals surface area contributed by atoms with Gasteiger partial charge < -0.3 is 5.32 Å². The van der Waals surface area contributed by atoms with Crippen molar-refractivity contribution < 1.29 is 4.79 Å². The molecule has 1 heterocycles. The van der Waals surface area contributed by atoms with E-state index in [1.54, 1.807) is 0 Å². The minimum Gasteiger partial charge on any atom is -0.312 e. The van der Waals surface area contributed by atoms with Crippen molar-refractivity contribution in [3.05, 3.63) is 41.6 Å². The average Bonchev–Trinajstić information content (AvgIpc) is 2.41. The van der Waals surface area contributed by atoms with Crippen LogP contribution in [0.4, 0.5) is 10.5 Å². The van der Waals surface area contributed by atoms with Gasteiger partial charge in [-0.05, 0) is 42.9 Å². The lowest BCUT2D eigenvalue weighted by Crippen LogP contribution is -2.45. The minimum atomic E-state index is -0.0614. The van der Waals surface area contributed by atoms with E-state index in [4.69, 9.17) is 0 Å². The highest BCUT2D eigenvalue weighted by Gasteiger charge is 2.22. The molecule has 114 valence electrons. The second kappa shape index (κ2) is 6.79. The van der Waals surface area contributed by atoms with Crippen molar-refractivity contribution in [3.63, 3.8) is 0 Å². The third kappa shape index (κ3) is 4.10. The van der Waals surface area contributed by atoms with E-state index in [1.165, 1.54) is 18.4 Å². The van der Waals surface area contributed by atoms with Gasteiger partial charge in [-0.15, -0.1) is 0 Å². The number of hydrogen-bond acceptors (Lipinski definition) is 1. The van der Waals surface area contributed by atoms with Gasteiger partial charge in [-0.3, -0.25) is 4.90 Å².